The minimum atomic E-state index is -3.26. The van der Waals surface area contributed by atoms with E-state index in [4.69, 9.17) is 0 Å². The molecule has 0 radical (unpaired) electrons. The minimum absolute atomic E-state index is 0.00966. The molecule has 0 heterocycles. The second-order valence-electron chi connectivity index (χ2n) is 10.6. The number of Topliss-reactive ketones (excluding diaryl/α,β-unsaturated/α-hetero) is 3. The fourth-order valence-corrected chi connectivity index (χ4v) is 4.26. The second-order valence-corrected chi connectivity index (χ2v) is 10.6. The molecule has 4 N–H and O–H groups in total. The number of carboxylic acids is 1. The monoisotopic (exact) mass is 506 g/mol. The van der Waals surface area contributed by atoms with Crippen LogP contribution in [0.15, 0.2) is 30.3 Å². The number of carbonyl (C=O) groups is 4. The summed E-state index contributed by atoms with van der Waals surface area (Å²) in [5, 5.41) is 34.5. The molecule has 36 heavy (non-hydrogen) atoms. The molecule has 4 atom stereocenters. The molecular formula is C27H42N2O7. The van der Waals surface area contributed by atoms with E-state index in [0.29, 0.717) is 13.0 Å². The summed E-state index contributed by atoms with van der Waals surface area (Å²) >= 11 is 0. The van der Waals surface area contributed by atoms with Crippen LogP contribution >= 0.6 is 0 Å². The molecule has 0 bridgehead atoms. The SMILES string of the molecule is CN[C@@H](CC(C)C)C(=O)CC(O)(C(=O)O)C(=O)C(C)(O)C(=O)[C@H](CC(C)C)N(C)Cc1ccccc1. The predicted octanol–water partition coefficient (Wildman–Crippen LogP) is 1.83. The Kier molecular flexibility index (Phi) is 11.6. The maximum Gasteiger partial charge on any atom is 0.344 e. The molecule has 1 aromatic carbocycles. The Morgan fingerprint density at radius 3 is 1.94 bits per heavy atom. The summed E-state index contributed by atoms with van der Waals surface area (Å²) in [5.41, 5.74) is -5.20. The van der Waals surface area contributed by atoms with E-state index < -0.39 is 53.0 Å². The van der Waals surface area contributed by atoms with E-state index in [1.807, 2.05) is 58.0 Å². The third kappa shape index (κ3) is 8.03. The number of aliphatic carboxylic acids is 1. The van der Waals surface area contributed by atoms with E-state index in [9.17, 15) is 34.5 Å². The molecule has 0 saturated heterocycles. The first-order chi connectivity index (χ1) is 16.6. The van der Waals surface area contributed by atoms with Gasteiger partial charge in [-0.3, -0.25) is 19.3 Å². The van der Waals surface area contributed by atoms with E-state index in [1.165, 1.54) is 7.05 Å². The van der Waals surface area contributed by atoms with Crippen LogP contribution in [0.5, 0.6) is 0 Å². The summed E-state index contributed by atoms with van der Waals surface area (Å²) in [6.07, 6.45) is -0.431. The lowest BCUT2D eigenvalue weighted by Gasteiger charge is -2.36. The predicted molar refractivity (Wildman–Crippen MR) is 136 cm³/mol. The van der Waals surface area contributed by atoms with Gasteiger partial charge in [-0.2, -0.15) is 0 Å². The molecule has 2 unspecified atom stereocenters. The van der Waals surface area contributed by atoms with Crippen molar-refractivity contribution < 1.29 is 34.5 Å². The third-order valence-corrected chi connectivity index (χ3v) is 6.33. The van der Waals surface area contributed by atoms with E-state index in [0.717, 1.165) is 12.5 Å². The molecule has 0 aliphatic heterocycles. The van der Waals surface area contributed by atoms with Gasteiger partial charge in [0.25, 0.3) is 0 Å². The molecule has 1 aromatic rings. The van der Waals surface area contributed by atoms with Crippen LogP contribution in [-0.4, -0.2) is 80.9 Å². The highest BCUT2D eigenvalue weighted by Gasteiger charge is 2.57. The highest BCUT2D eigenvalue weighted by atomic mass is 16.4. The molecule has 0 aliphatic carbocycles. The molecule has 1 rings (SSSR count). The van der Waals surface area contributed by atoms with Crippen LogP contribution in [-0.2, 0) is 25.7 Å². The van der Waals surface area contributed by atoms with Crippen molar-refractivity contribution in [1.29, 1.82) is 0 Å². The molecule has 9 heteroatoms. The summed E-state index contributed by atoms with van der Waals surface area (Å²) in [6.45, 7) is 8.74. The van der Waals surface area contributed by atoms with Crippen LogP contribution < -0.4 is 5.32 Å². The van der Waals surface area contributed by atoms with Gasteiger partial charge in [0.2, 0.25) is 11.4 Å². The van der Waals surface area contributed by atoms with Crippen LogP contribution in [0.2, 0.25) is 0 Å². The summed E-state index contributed by atoms with van der Waals surface area (Å²) in [4.78, 5) is 53.4. The lowest BCUT2D eigenvalue weighted by molar-refractivity contribution is -0.178. The van der Waals surface area contributed by atoms with Crippen LogP contribution in [0.4, 0.5) is 0 Å². The first-order valence-corrected chi connectivity index (χ1v) is 12.3. The number of carboxylic acid groups (broad SMARTS) is 1. The molecule has 0 fully saturated rings. The van der Waals surface area contributed by atoms with Crippen LogP contribution in [0.1, 0.15) is 59.4 Å². The highest BCUT2D eigenvalue weighted by Crippen LogP contribution is 2.27. The van der Waals surface area contributed by atoms with Gasteiger partial charge >= 0.3 is 5.97 Å². The van der Waals surface area contributed by atoms with Crippen molar-refractivity contribution >= 4 is 23.3 Å². The van der Waals surface area contributed by atoms with E-state index >= 15 is 0 Å². The fourth-order valence-electron chi connectivity index (χ4n) is 4.26. The first kappa shape index (κ1) is 31.6. The van der Waals surface area contributed by atoms with E-state index in [1.54, 1.807) is 11.9 Å². The number of hydrogen-bond donors (Lipinski definition) is 4. The lowest BCUT2D eigenvalue weighted by atomic mass is 9.77. The van der Waals surface area contributed by atoms with Crippen molar-refractivity contribution in [3.8, 4) is 0 Å². The first-order valence-electron chi connectivity index (χ1n) is 12.3. The van der Waals surface area contributed by atoms with Crippen molar-refractivity contribution in [2.75, 3.05) is 14.1 Å². The number of carbonyl (C=O) groups excluding carboxylic acids is 3. The van der Waals surface area contributed by atoms with Crippen molar-refractivity contribution in [3.63, 3.8) is 0 Å². The number of ketones is 3. The number of hydrogen-bond acceptors (Lipinski definition) is 8. The molecule has 9 nitrogen and oxygen atoms in total. The molecule has 0 spiro atoms. The van der Waals surface area contributed by atoms with Crippen molar-refractivity contribution in [2.45, 2.75) is 83.7 Å². The topological polar surface area (TPSA) is 144 Å². The summed E-state index contributed by atoms with van der Waals surface area (Å²) < 4.78 is 0. The summed E-state index contributed by atoms with van der Waals surface area (Å²) in [6, 6.07) is 7.58. The van der Waals surface area contributed by atoms with Gasteiger partial charge in [0.1, 0.15) is 0 Å². The minimum Gasteiger partial charge on any atom is -0.479 e. The van der Waals surface area contributed by atoms with Gasteiger partial charge in [0.15, 0.2) is 17.2 Å². The van der Waals surface area contributed by atoms with Gasteiger partial charge in [-0.15, -0.1) is 0 Å². The van der Waals surface area contributed by atoms with Gasteiger partial charge in [0, 0.05) is 6.54 Å². The Bertz CT molecular complexity index is 914. The quantitative estimate of drug-likeness (QED) is 0.247. The number of benzene rings is 1. The molecule has 0 aromatic heterocycles. The van der Waals surface area contributed by atoms with Crippen molar-refractivity contribution in [3.05, 3.63) is 35.9 Å². The lowest BCUT2D eigenvalue weighted by Crippen LogP contribution is -2.63. The maximum atomic E-state index is 13.6. The normalized spacial score (nSPS) is 16.9. The number of rotatable bonds is 16. The zero-order valence-electron chi connectivity index (χ0n) is 22.4. The fraction of sp³-hybridized carbons (Fsp3) is 0.630. The average molecular weight is 507 g/mol. The third-order valence-electron chi connectivity index (χ3n) is 6.33. The van der Waals surface area contributed by atoms with Crippen molar-refractivity contribution in [2.24, 2.45) is 11.8 Å². The molecule has 202 valence electrons. The number of nitrogens with one attached hydrogen (secondary N) is 1. The Morgan fingerprint density at radius 1 is 0.972 bits per heavy atom. The number of aliphatic hydroxyl groups is 2. The molecule has 0 saturated carbocycles. The number of nitrogens with zero attached hydrogens (tertiary/aromatic N) is 1. The second kappa shape index (κ2) is 13.2. The Balaban J connectivity index is 3.30. The molecule has 0 amide bonds. The maximum absolute atomic E-state index is 13.6. The standard InChI is InChI=1S/C27H42N2O7/c1-17(2)13-20(28-6)22(30)15-27(36,25(33)34)24(32)26(5,35)23(31)21(14-18(3)4)29(7)16-19-11-9-8-10-12-19/h8-12,17-18,20-21,28,35-36H,13-16H2,1-7H3,(H,33,34)/t20-,21-,26?,27?/m0/s1. The zero-order chi connectivity index (χ0) is 27.8. The van der Waals surface area contributed by atoms with Gasteiger partial charge in [-0.05, 0) is 51.3 Å². The largest absolute Gasteiger partial charge is 0.479 e. The smallest absolute Gasteiger partial charge is 0.344 e. The number of likely N-dealkylation sites (N-methyl/N-ethyl adjacent to an activating group) is 2. The van der Waals surface area contributed by atoms with Gasteiger partial charge in [0.05, 0.1) is 18.5 Å². The van der Waals surface area contributed by atoms with E-state index in [-0.39, 0.29) is 18.3 Å². The Labute approximate surface area is 213 Å². The molecule has 0 aliphatic rings. The van der Waals surface area contributed by atoms with E-state index in [2.05, 4.69) is 5.32 Å². The van der Waals surface area contributed by atoms with Gasteiger partial charge in [-0.25, -0.2) is 4.79 Å². The Morgan fingerprint density at radius 2 is 1.50 bits per heavy atom. The Hall–Kier alpha value is -2.46. The van der Waals surface area contributed by atoms with Crippen LogP contribution in [0.3, 0.4) is 0 Å². The van der Waals surface area contributed by atoms with Crippen LogP contribution in [0.25, 0.3) is 0 Å². The summed E-state index contributed by atoms with van der Waals surface area (Å²) in [7, 11) is 3.19. The summed E-state index contributed by atoms with van der Waals surface area (Å²) in [5.74, 6) is -5.16. The van der Waals surface area contributed by atoms with Crippen molar-refractivity contribution in [1.82, 2.24) is 10.2 Å². The average Bonchev–Trinajstić information content (AvgIpc) is 2.79. The molecular weight excluding hydrogens is 464 g/mol. The highest BCUT2D eigenvalue weighted by molar-refractivity contribution is 6.22. The zero-order valence-corrected chi connectivity index (χ0v) is 22.4. The van der Waals surface area contributed by atoms with Gasteiger partial charge in [-0.1, -0.05) is 58.0 Å². The van der Waals surface area contributed by atoms with Gasteiger partial charge < -0.3 is 20.6 Å². The van der Waals surface area contributed by atoms with Crippen LogP contribution in [0, 0.1) is 11.8 Å².